The number of hydrogen-bond acceptors (Lipinski definition) is 6. The number of carbonyl (C=O) groups excluding carboxylic acids is 1. The fourth-order valence-corrected chi connectivity index (χ4v) is 2.38. The lowest BCUT2D eigenvalue weighted by atomic mass is 10.2. The molecule has 0 aromatic heterocycles. The largest absolute Gasteiger partial charge is 0.496 e. The van der Waals surface area contributed by atoms with Gasteiger partial charge in [-0.05, 0) is 30.4 Å². The van der Waals surface area contributed by atoms with Gasteiger partial charge in [0.25, 0.3) is 5.69 Å². The average Bonchev–Trinajstić information content (AvgIpc) is 2.66. The Hall–Kier alpha value is -3.46. The Morgan fingerprint density at radius 1 is 1.15 bits per heavy atom. The van der Waals surface area contributed by atoms with Gasteiger partial charge in [-0.1, -0.05) is 18.2 Å². The summed E-state index contributed by atoms with van der Waals surface area (Å²) >= 11 is 5.09. The highest BCUT2D eigenvalue weighted by Crippen LogP contribution is 2.28. The van der Waals surface area contributed by atoms with E-state index in [-0.39, 0.29) is 16.5 Å². The molecule has 2 N–H and O–H groups in total. The maximum atomic E-state index is 12.0. The lowest BCUT2D eigenvalue weighted by molar-refractivity contribution is -0.384. The number of nitrogens with one attached hydrogen (secondary N) is 2. The third-order valence-electron chi connectivity index (χ3n) is 3.43. The molecule has 0 unspecified atom stereocenters. The second kappa shape index (κ2) is 9.30. The molecule has 0 saturated heterocycles. The Morgan fingerprint density at radius 2 is 1.85 bits per heavy atom. The molecule has 2 aromatic carbocycles. The number of thiocarbonyl (C=S) groups is 1. The van der Waals surface area contributed by atoms with Crippen LogP contribution in [0.5, 0.6) is 11.5 Å². The summed E-state index contributed by atoms with van der Waals surface area (Å²) in [7, 11) is 2.92. The number of para-hydroxylation sites is 1. The van der Waals surface area contributed by atoms with Gasteiger partial charge in [-0.2, -0.15) is 0 Å². The fourth-order valence-electron chi connectivity index (χ4n) is 2.17. The Labute approximate surface area is 160 Å². The summed E-state index contributed by atoms with van der Waals surface area (Å²) in [6, 6.07) is 11.2. The molecule has 2 aromatic rings. The summed E-state index contributed by atoms with van der Waals surface area (Å²) in [4.78, 5) is 22.3. The average molecular weight is 387 g/mol. The summed E-state index contributed by atoms with van der Waals surface area (Å²) in [6.07, 6.45) is 2.92. The van der Waals surface area contributed by atoms with Crippen molar-refractivity contribution in [2.24, 2.45) is 0 Å². The number of non-ortho nitro benzene ring substituents is 1. The zero-order valence-corrected chi connectivity index (χ0v) is 15.4. The molecule has 9 heteroatoms. The number of carbonyl (C=O) groups is 1. The summed E-state index contributed by atoms with van der Waals surface area (Å²) < 4.78 is 10.3. The van der Waals surface area contributed by atoms with E-state index in [0.717, 1.165) is 5.56 Å². The van der Waals surface area contributed by atoms with Crippen LogP contribution in [0, 0.1) is 10.1 Å². The minimum absolute atomic E-state index is 0.0248. The van der Waals surface area contributed by atoms with Gasteiger partial charge < -0.3 is 14.8 Å². The van der Waals surface area contributed by atoms with E-state index in [0.29, 0.717) is 11.4 Å². The van der Waals surface area contributed by atoms with Gasteiger partial charge in [0.1, 0.15) is 11.5 Å². The van der Waals surface area contributed by atoms with Gasteiger partial charge in [0.15, 0.2) is 5.11 Å². The molecule has 0 saturated carbocycles. The number of rotatable bonds is 6. The van der Waals surface area contributed by atoms with Crippen molar-refractivity contribution in [3.63, 3.8) is 0 Å². The normalized spacial score (nSPS) is 10.3. The van der Waals surface area contributed by atoms with Crippen LogP contribution in [0.25, 0.3) is 6.08 Å². The first-order valence-electron chi connectivity index (χ1n) is 7.70. The molecule has 0 fully saturated rings. The number of amides is 1. The number of methoxy groups -OCH3 is 2. The van der Waals surface area contributed by atoms with Crippen molar-refractivity contribution in [3.8, 4) is 11.5 Å². The van der Waals surface area contributed by atoms with Crippen LogP contribution in [-0.4, -0.2) is 30.2 Å². The monoisotopic (exact) mass is 387 g/mol. The highest BCUT2D eigenvalue weighted by atomic mass is 32.1. The van der Waals surface area contributed by atoms with E-state index < -0.39 is 10.8 Å². The number of nitro benzene ring substituents is 1. The summed E-state index contributed by atoms with van der Waals surface area (Å²) in [5.41, 5.74) is 1.01. The number of benzene rings is 2. The maximum Gasteiger partial charge on any atom is 0.273 e. The van der Waals surface area contributed by atoms with Crippen LogP contribution in [0.1, 0.15) is 5.56 Å². The summed E-state index contributed by atoms with van der Waals surface area (Å²) in [6.45, 7) is 0. The second-order valence-electron chi connectivity index (χ2n) is 5.16. The molecule has 140 valence electrons. The van der Waals surface area contributed by atoms with Gasteiger partial charge in [0, 0.05) is 17.7 Å². The number of nitrogens with zero attached hydrogens (tertiary/aromatic N) is 1. The minimum Gasteiger partial charge on any atom is -0.496 e. The van der Waals surface area contributed by atoms with Crippen molar-refractivity contribution < 1.29 is 19.2 Å². The zero-order chi connectivity index (χ0) is 19.8. The number of anilines is 1. The van der Waals surface area contributed by atoms with Crippen LogP contribution in [0.15, 0.2) is 48.5 Å². The SMILES string of the molecule is COc1ccccc1/C=C/C(=O)NC(=S)Nc1ccc([N+](=O)[O-])cc1OC. The molecule has 0 heterocycles. The van der Waals surface area contributed by atoms with Crippen LogP contribution >= 0.6 is 12.2 Å². The van der Waals surface area contributed by atoms with Gasteiger partial charge in [-0.15, -0.1) is 0 Å². The number of ether oxygens (including phenoxy) is 2. The Morgan fingerprint density at radius 3 is 2.52 bits per heavy atom. The first-order chi connectivity index (χ1) is 12.9. The van der Waals surface area contributed by atoms with Crippen molar-refractivity contribution in [2.45, 2.75) is 0 Å². The van der Waals surface area contributed by atoms with Crippen molar-refractivity contribution in [2.75, 3.05) is 19.5 Å². The topological polar surface area (TPSA) is 103 Å². The Kier molecular flexibility index (Phi) is 6.84. The van der Waals surface area contributed by atoms with Crippen molar-refractivity contribution in [3.05, 3.63) is 64.2 Å². The van der Waals surface area contributed by atoms with E-state index in [9.17, 15) is 14.9 Å². The second-order valence-corrected chi connectivity index (χ2v) is 5.57. The lowest BCUT2D eigenvalue weighted by Gasteiger charge is -2.11. The molecule has 0 aliphatic carbocycles. The third kappa shape index (κ3) is 5.51. The Bertz CT molecular complexity index is 898. The first kappa shape index (κ1) is 19.9. The van der Waals surface area contributed by atoms with E-state index in [4.69, 9.17) is 21.7 Å². The van der Waals surface area contributed by atoms with Gasteiger partial charge in [-0.25, -0.2) is 0 Å². The molecule has 0 aliphatic heterocycles. The predicted octanol–water partition coefficient (Wildman–Crippen LogP) is 3.14. The highest BCUT2D eigenvalue weighted by Gasteiger charge is 2.12. The molecular formula is C18H17N3O5S. The Balaban J connectivity index is 2.02. The van der Waals surface area contributed by atoms with Crippen molar-refractivity contribution >= 4 is 40.7 Å². The van der Waals surface area contributed by atoms with Crippen LogP contribution in [-0.2, 0) is 4.79 Å². The van der Waals surface area contributed by atoms with E-state index in [1.165, 1.54) is 31.4 Å². The van der Waals surface area contributed by atoms with Crippen molar-refractivity contribution in [1.29, 1.82) is 0 Å². The quantitative estimate of drug-likeness (QED) is 0.340. The van der Waals surface area contributed by atoms with E-state index >= 15 is 0 Å². The smallest absolute Gasteiger partial charge is 0.273 e. The van der Waals surface area contributed by atoms with Crippen LogP contribution < -0.4 is 20.1 Å². The third-order valence-corrected chi connectivity index (χ3v) is 3.64. The van der Waals surface area contributed by atoms with Crippen LogP contribution in [0.2, 0.25) is 0 Å². The number of nitro groups is 1. The highest BCUT2D eigenvalue weighted by molar-refractivity contribution is 7.80. The van der Waals surface area contributed by atoms with Gasteiger partial charge in [0.2, 0.25) is 5.91 Å². The molecule has 0 atom stereocenters. The van der Waals surface area contributed by atoms with Crippen LogP contribution in [0.4, 0.5) is 11.4 Å². The fraction of sp³-hybridized carbons (Fsp3) is 0.111. The van der Waals surface area contributed by atoms with Crippen LogP contribution in [0.3, 0.4) is 0 Å². The molecular weight excluding hydrogens is 370 g/mol. The maximum absolute atomic E-state index is 12.0. The van der Waals surface area contributed by atoms with E-state index in [1.54, 1.807) is 25.3 Å². The van der Waals surface area contributed by atoms with E-state index in [2.05, 4.69) is 10.6 Å². The molecule has 1 amide bonds. The summed E-state index contributed by atoms with van der Waals surface area (Å²) in [5.74, 6) is 0.419. The van der Waals surface area contributed by atoms with Gasteiger partial charge in [0.05, 0.1) is 30.9 Å². The molecule has 27 heavy (non-hydrogen) atoms. The van der Waals surface area contributed by atoms with E-state index in [1.807, 2.05) is 12.1 Å². The molecule has 0 radical (unpaired) electrons. The first-order valence-corrected chi connectivity index (χ1v) is 8.11. The lowest BCUT2D eigenvalue weighted by Crippen LogP contribution is -2.32. The van der Waals surface area contributed by atoms with Gasteiger partial charge >= 0.3 is 0 Å². The molecule has 8 nitrogen and oxygen atoms in total. The van der Waals surface area contributed by atoms with Crippen molar-refractivity contribution in [1.82, 2.24) is 5.32 Å². The molecule has 0 spiro atoms. The molecule has 2 rings (SSSR count). The number of hydrogen-bond donors (Lipinski definition) is 2. The predicted molar refractivity (Wildman–Crippen MR) is 106 cm³/mol. The molecule has 0 aliphatic rings. The molecule has 0 bridgehead atoms. The zero-order valence-electron chi connectivity index (χ0n) is 14.6. The minimum atomic E-state index is -0.533. The summed E-state index contributed by atoms with van der Waals surface area (Å²) in [5, 5.41) is 16.1. The standard InChI is InChI=1S/C18H17N3O5S/c1-25-15-6-4-3-5-12(15)7-10-17(22)20-18(27)19-14-9-8-13(21(23)24)11-16(14)26-2/h3-11H,1-2H3,(H2,19,20,22,27)/b10-7+. The van der Waals surface area contributed by atoms with Gasteiger partial charge in [-0.3, -0.25) is 20.2 Å².